The lowest BCUT2D eigenvalue weighted by molar-refractivity contribution is 0.651. The maximum atomic E-state index is 3.30. The molecule has 1 N–H and O–H groups in total. The summed E-state index contributed by atoms with van der Waals surface area (Å²) in [5.74, 6) is 0. The van der Waals surface area contributed by atoms with Crippen molar-refractivity contribution >= 4 is 10.9 Å². The van der Waals surface area contributed by atoms with Crippen LogP contribution in [0.4, 0.5) is 0 Å². The predicted molar refractivity (Wildman–Crippen MR) is 65.1 cm³/mol. The van der Waals surface area contributed by atoms with E-state index in [1.54, 1.807) is 0 Å². The minimum Gasteiger partial charge on any atom is -0.347 e. The molecule has 0 spiro atoms. The summed E-state index contributed by atoms with van der Waals surface area (Å²) in [5, 5.41) is 4.66. The molecule has 0 radical (unpaired) electrons. The molecule has 0 unspecified atom stereocenters. The van der Waals surface area contributed by atoms with Crippen molar-refractivity contribution in [2.45, 2.75) is 26.4 Å². The van der Waals surface area contributed by atoms with Crippen LogP contribution in [0.15, 0.2) is 30.5 Å². The lowest BCUT2D eigenvalue weighted by Gasteiger charge is -2.07. The van der Waals surface area contributed by atoms with Gasteiger partial charge in [-0.05, 0) is 32.5 Å². The summed E-state index contributed by atoms with van der Waals surface area (Å²) in [6.45, 7) is 5.40. The first-order valence-corrected chi connectivity index (χ1v) is 5.53. The smallest absolute Gasteiger partial charge is 0.0483 e. The molecule has 15 heavy (non-hydrogen) atoms. The molecule has 0 saturated carbocycles. The van der Waals surface area contributed by atoms with E-state index in [-0.39, 0.29) is 0 Å². The Labute approximate surface area is 90.9 Å². The van der Waals surface area contributed by atoms with E-state index in [0.717, 1.165) is 6.54 Å². The van der Waals surface area contributed by atoms with Crippen LogP contribution >= 0.6 is 0 Å². The quantitative estimate of drug-likeness (QED) is 0.809. The van der Waals surface area contributed by atoms with Crippen LogP contribution in [-0.4, -0.2) is 11.6 Å². The zero-order chi connectivity index (χ0) is 10.8. The first kappa shape index (κ1) is 10.2. The number of nitrogens with zero attached hydrogens (tertiary/aromatic N) is 1. The third-order valence-corrected chi connectivity index (χ3v) is 3.06. The van der Waals surface area contributed by atoms with Crippen molar-refractivity contribution < 1.29 is 0 Å². The van der Waals surface area contributed by atoms with Gasteiger partial charge in [0.1, 0.15) is 0 Å². The van der Waals surface area contributed by atoms with Gasteiger partial charge in [-0.2, -0.15) is 0 Å². The Hall–Kier alpha value is -1.28. The Balaban J connectivity index is 2.65. The standard InChI is InChI=1S/C13H18N2/c1-4-15-9-12(10(2)14-3)11-7-5-6-8-13(11)15/h5-10,14H,4H2,1-3H3/t10-/m0/s1. The fourth-order valence-corrected chi connectivity index (χ4v) is 2.04. The van der Waals surface area contributed by atoms with Crippen molar-refractivity contribution in [1.82, 2.24) is 9.88 Å². The number of hydrogen-bond acceptors (Lipinski definition) is 1. The van der Waals surface area contributed by atoms with Gasteiger partial charge in [-0.15, -0.1) is 0 Å². The van der Waals surface area contributed by atoms with Gasteiger partial charge in [0.2, 0.25) is 0 Å². The summed E-state index contributed by atoms with van der Waals surface area (Å²) in [6.07, 6.45) is 2.26. The molecule has 1 atom stereocenters. The molecule has 2 rings (SSSR count). The monoisotopic (exact) mass is 202 g/mol. The Morgan fingerprint density at radius 2 is 2.07 bits per heavy atom. The highest BCUT2D eigenvalue weighted by Crippen LogP contribution is 2.25. The van der Waals surface area contributed by atoms with E-state index in [0.29, 0.717) is 6.04 Å². The fourth-order valence-electron chi connectivity index (χ4n) is 2.04. The van der Waals surface area contributed by atoms with Crippen molar-refractivity contribution in [3.8, 4) is 0 Å². The van der Waals surface area contributed by atoms with Crippen molar-refractivity contribution in [1.29, 1.82) is 0 Å². The Kier molecular flexibility index (Phi) is 2.78. The molecule has 0 fully saturated rings. The van der Waals surface area contributed by atoms with Gasteiger partial charge in [-0.1, -0.05) is 18.2 Å². The maximum Gasteiger partial charge on any atom is 0.0483 e. The molecule has 1 heterocycles. The van der Waals surface area contributed by atoms with Crippen LogP contribution in [0.2, 0.25) is 0 Å². The van der Waals surface area contributed by atoms with Crippen LogP contribution in [0, 0.1) is 0 Å². The van der Waals surface area contributed by atoms with E-state index >= 15 is 0 Å². The number of nitrogens with one attached hydrogen (secondary N) is 1. The Morgan fingerprint density at radius 3 is 2.73 bits per heavy atom. The number of rotatable bonds is 3. The highest BCUT2D eigenvalue weighted by Gasteiger charge is 2.11. The molecular weight excluding hydrogens is 184 g/mol. The minimum atomic E-state index is 0.405. The SMILES string of the molecule is CCn1cc([C@H](C)NC)c2ccccc21. The molecule has 0 amide bonds. The number of hydrogen-bond donors (Lipinski definition) is 1. The van der Waals surface area contributed by atoms with Gasteiger partial charge < -0.3 is 9.88 Å². The number of fused-ring (bicyclic) bond motifs is 1. The van der Waals surface area contributed by atoms with Crippen LogP contribution < -0.4 is 5.32 Å². The summed E-state index contributed by atoms with van der Waals surface area (Å²) >= 11 is 0. The highest BCUT2D eigenvalue weighted by atomic mass is 15.0. The summed E-state index contributed by atoms with van der Waals surface area (Å²) in [7, 11) is 2.00. The molecule has 2 aromatic rings. The first-order chi connectivity index (χ1) is 7.27. The van der Waals surface area contributed by atoms with Crippen molar-refractivity contribution in [2.24, 2.45) is 0 Å². The largest absolute Gasteiger partial charge is 0.347 e. The van der Waals surface area contributed by atoms with E-state index < -0.39 is 0 Å². The van der Waals surface area contributed by atoms with Gasteiger partial charge in [0, 0.05) is 29.7 Å². The lowest BCUT2D eigenvalue weighted by Crippen LogP contribution is -2.11. The van der Waals surface area contributed by atoms with Crippen molar-refractivity contribution in [3.05, 3.63) is 36.0 Å². The zero-order valence-electron chi connectivity index (χ0n) is 9.62. The summed E-state index contributed by atoms with van der Waals surface area (Å²) in [5.41, 5.74) is 2.71. The number of aromatic nitrogens is 1. The first-order valence-electron chi connectivity index (χ1n) is 5.53. The van der Waals surface area contributed by atoms with E-state index in [4.69, 9.17) is 0 Å². The maximum absolute atomic E-state index is 3.30. The molecule has 0 aliphatic heterocycles. The van der Waals surface area contributed by atoms with E-state index in [1.165, 1.54) is 16.5 Å². The second-order valence-corrected chi connectivity index (χ2v) is 3.90. The molecule has 1 aromatic heterocycles. The van der Waals surface area contributed by atoms with Crippen molar-refractivity contribution in [3.63, 3.8) is 0 Å². The second-order valence-electron chi connectivity index (χ2n) is 3.90. The Bertz CT molecular complexity index is 457. The minimum absolute atomic E-state index is 0.405. The second kappa shape index (κ2) is 4.07. The lowest BCUT2D eigenvalue weighted by atomic mass is 10.1. The molecule has 0 aliphatic carbocycles. The molecular formula is C13H18N2. The summed E-state index contributed by atoms with van der Waals surface area (Å²) < 4.78 is 2.30. The Morgan fingerprint density at radius 1 is 1.33 bits per heavy atom. The molecule has 2 heteroatoms. The number of benzene rings is 1. The number of aryl methyl sites for hydroxylation is 1. The van der Waals surface area contributed by atoms with Gasteiger partial charge in [-0.3, -0.25) is 0 Å². The molecule has 0 aliphatic rings. The normalized spacial score (nSPS) is 13.3. The average molecular weight is 202 g/mol. The molecule has 2 nitrogen and oxygen atoms in total. The summed E-state index contributed by atoms with van der Waals surface area (Å²) in [4.78, 5) is 0. The van der Waals surface area contributed by atoms with Gasteiger partial charge in [0.25, 0.3) is 0 Å². The van der Waals surface area contributed by atoms with Gasteiger partial charge in [0.15, 0.2) is 0 Å². The van der Waals surface area contributed by atoms with Gasteiger partial charge >= 0.3 is 0 Å². The van der Waals surface area contributed by atoms with E-state index in [2.05, 4.69) is 54.2 Å². The highest BCUT2D eigenvalue weighted by molar-refractivity contribution is 5.84. The molecule has 0 saturated heterocycles. The topological polar surface area (TPSA) is 17.0 Å². The molecule has 1 aromatic carbocycles. The van der Waals surface area contributed by atoms with E-state index in [9.17, 15) is 0 Å². The van der Waals surface area contributed by atoms with Gasteiger partial charge in [0.05, 0.1) is 0 Å². The third kappa shape index (κ3) is 1.65. The van der Waals surface area contributed by atoms with Crippen LogP contribution in [-0.2, 0) is 6.54 Å². The summed E-state index contributed by atoms with van der Waals surface area (Å²) in [6, 6.07) is 8.99. The van der Waals surface area contributed by atoms with Crippen LogP contribution in [0.5, 0.6) is 0 Å². The van der Waals surface area contributed by atoms with Gasteiger partial charge in [-0.25, -0.2) is 0 Å². The zero-order valence-corrected chi connectivity index (χ0v) is 9.62. The average Bonchev–Trinajstić information content (AvgIpc) is 2.67. The third-order valence-electron chi connectivity index (χ3n) is 3.06. The van der Waals surface area contributed by atoms with E-state index in [1.807, 2.05) is 7.05 Å². The van der Waals surface area contributed by atoms with Crippen LogP contribution in [0.25, 0.3) is 10.9 Å². The predicted octanol–water partition coefficient (Wildman–Crippen LogP) is 2.94. The molecule has 0 bridgehead atoms. The van der Waals surface area contributed by atoms with Crippen molar-refractivity contribution in [2.75, 3.05) is 7.05 Å². The molecule has 80 valence electrons. The number of para-hydroxylation sites is 1. The van der Waals surface area contributed by atoms with Crippen LogP contribution in [0.1, 0.15) is 25.5 Å². The fraction of sp³-hybridized carbons (Fsp3) is 0.385. The van der Waals surface area contributed by atoms with Crippen LogP contribution in [0.3, 0.4) is 0 Å².